The van der Waals surface area contributed by atoms with E-state index in [-0.39, 0.29) is 11.3 Å². The van der Waals surface area contributed by atoms with Crippen molar-refractivity contribution in [2.75, 3.05) is 0 Å². The number of ketones is 1. The Labute approximate surface area is 81.1 Å². The molecule has 0 amide bonds. The van der Waals surface area contributed by atoms with Crippen molar-refractivity contribution in [2.24, 2.45) is 0 Å². The summed E-state index contributed by atoms with van der Waals surface area (Å²) >= 11 is 0. The molecule has 0 aromatic carbocycles. The second-order valence-corrected chi connectivity index (χ2v) is 4.66. The van der Waals surface area contributed by atoms with Crippen molar-refractivity contribution in [2.45, 2.75) is 64.5 Å². The lowest BCUT2D eigenvalue weighted by molar-refractivity contribution is -0.122. The van der Waals surface area contributed by atoms with Crippen LogP contribution in [0.5, 0.6) is 0 Å². The van der Waals surface area contributed by atoms with Crippen LogP contribution in [0.3, 0.4) is 0 Å². The predicted molar refractivity (Wildman–Crippen MR) is 54.8 cm³/mol. The normalized spacial score (nSPS) is 20.2. The Hall–Kier alpha value is -0.370. The van der Waals surface area contributed by atoms with E-state index in [9.17, 15) is 4.79 Å². The molecule has 0 aliphatic heterocycles. The van der Waals surface area contributed by atoms with Gasteiger partial charge in [0.2, 0.25) is 0 Å². The molecular weight excluding hydrogens is 162 g/mol. The lowest BCUT2D eigenvalue weighted by atomic mass is 9.91. The Morgan fingerprint density at radius 3 is 2.23 bits per heavy atom. The molecule has 2 nitrogen and oxygen atoms in total. The summed E-state index contributed by atoms with van der Waals surface area (Å²) in [5.74, 6) is 0.234. The van der Waals surface area contributed by atoms with Gasteiger partial charge in [-0.05, 0) is 33.6 Å². The van der Waals surface area contributed by atoms with Crippen molar-refractivity contribution in [1.29, 1.82) is 0 Å². The second-order valence-electron chi connectivity index (χ2n) is 4.66. The Morgan fingerprint density at radius 2 is 1.77 bits per heavy atom. The average Bonchev–Trinajstić information content (AvgIpc) is 2.05. The molecule has 1 fully saturated rings. The van der Waals surface area contributed by atoms with Crippen LogP contribution >= 0.6 is 0 Å². The van der Waals surface area contributed by atoms with Crippen LogP contribution in [0, 0.1) is 0 Å². The zero-order valence-electron chi connectivity index (χ0n) is 9.02. The molecule has 0 aromatic heterocycles. The van der Waals surface area contributed by atoms with E-state index in [1.165, 1.54) is 32.1 Å². The predicted octanol–water partition coefficient (Wildman–Crippen LogP) is 2.28. The van der Waals surface area contributed by atoms with Gasteiger partial charge in [0.25, 0.3) is 0 Å². The summed E-state index contributed by atoms with van der Waals surface area (Å²) in [5.41, 5.74) is -0.331. The largest absolute Gasteiger partial charge is 0.303 e. The highest BCUT2D eigenvalue weighted by molar-refractivity contribution is 5.85. The molecule has 1 aliphatic carbocycles. The molecule has 0 heterocycles. The third kappa shape index (κ3) is 3.11. The van der Waals surface area contributed by atoms with Gasteiger partial charge in [-0.3, -0.25) is 4.79 Å². The first-order valence-corrected chi connectivity index (χ1v) is 5.31. The van der Waals surface area contributed by atoms with E-state index in [0.717, 1.165) is 0 Å². The van der Waals surface area contributed by atoms with E-state index >= 15 is 0 Å². The SMILES string of the molecule is CC(=O)C(C)(C)NC1CCCCC1. The molecule has 1 rings (SSSR count). The fraction of sp³-hybridized carbons (Fsp3) is 0.909. The minimum atomic E-state index is -0.331. The Kier molecular flexibility index (Phi) is 3.48. The van der Waals surface area contributed by atoms with Gasteiger partial charge < -0.3 is 5.32 Å². The summed E-state index contributed by atoms with van der Waals surface area (Å²) in [6.07, 6.45) is 6.45. The van der Waals surface area contributed by atoms with Crippen molar-refractivity contribution in [3.05, 3.63) is 0 Å². The number of hydrogen-bond acceptors (Lipinski definition) is 2. The summed E-state index contributed by atoms with van der Waals surface area (Å²) in [6.45, 7) is 5.61. The fourth-order valence-corrected chi connectivity index (χ4v) is 1.86. The minimum absolute atomic E-state index is 0.234. The summed E-state index contributed by atoms with van der Waals surface area (Å²) in [4.78, 5) is 11.3. The van der Waals surface area contributed by atoms with Crippen molar-refractivity contribution in [3.8, 4) is 0 Å². The van der Waals surface area contributed by atoms with Crippen molar-refractivity contribution >= 4 is 5.78 Å². The summed E-state index contributed by atoms with van der Waals surface area (Å²) < 4.78 is 0. The monoisotopic (exact) mass is 183 g/mol. The van der Waals surface area contributed by atoms with E-state index in [4.69, 9.17) is 0 Å². The first-order chi connectivity index (χ1) is 6.02. The molecule has 76 valence electrons. The molecule has 13 heavy (non-hydrogen) atoms. The summed E-state index contributed by atoms with van der Waals surface area (Å²) in [6, 6.07) is 0.563. The standard InChI is InChI=1S/C11H21NO/c1-9(13)11(2,3)12-10-7-5-4-6-8-10/h10,12H,4-8H2,1-3H3. The lowest BCUT2D eigenvalue weighted by Crippen LogP contribution is -2.51. The molecule has 0 saturated heterocycles. The van der Waals surface area contributed by atoms with Gasteiger partial charge in [0.1, 0.15) is 5.78 Å². The minimum Gasteiger partial charge on any atom is -0.303 e. The van der Waals surface area contributed by atoms with Gasteiger partial charge in [-0.15, -0.1) is 0 Å². The molecule has 1 saturated carbocycles. The molecular formula is C11H21NO. The van der Waals surface area contributed by atoms with E-state index in [1.807, 2.05) is 13.8 Å². The van der Waals surface area contributed by atoms with Crippen molar-refractivity contribution in [3.63, 3.8) is 0 Å². The summed E-state index contributed by atoms with van der Waals surface area (Å²) in [5, 5.41) is 3.45. The molecule has 1 N–H and O–H groups in total. The smallest absolute Gasteiger partial charge is 0.149 e. The van der Waals surface area contributed by atoms with Gasteiger partial charge in [0.05, 0.1) is 5.54 Å². The highest BCUT2D eigenvalue weighted by atomic mass is 16.1. The molecule has 2 heteroatoms. The fourth-order valence-electron chi connectivity index (χ4n) is 1.86. The maximum Gasteiger partial charge on any atom is 0.149 e. The van der Waals surface area contributed by atoms with E-state index in [1.54, 1.807) is 6.92 Å². The van der Waals surface area contributed by atoms with E-state index < -0.39 is 0 Å². The number of Topliss-reactive ketones (excluding diaryl/α,β-unsaturated/α-hetero) is 1. The van der Waals surface area contributed by atoms with Crippen LogP contribution in [-0.4, -0.2) is 17.4 Å². The Bertz CT molecular complexity index is 181. The third-order valence-electron chi connectivity index (χ3n) is 3.05. The highest BCUT2D eigenvalue weighted by Gasteiger charge is 2.27. The van der Waals surface area contributed by atoms with Crippen LogP contribution < -0.4 is 5.32 Å². The van der Waals surface area contributed by atoms with Crippen molar-refractivity contribution in [1.82, 2.24) is 5.32 Å². The molecule has 0 radical (unpaired) electrons. The molecule has 0 unspecified atom stereocenters. The number of nitrogens with one attached hydrogen (secondary N) is 1. The summed E-state index contributed by atoms with van der Waals surface area (Å²) in [7, 11) is 0. The first kappa shape index (κ1) is 10.7. The maximum absolute atomic E-state index is 11.3. The number of hydrogen-bond donors (Lipinski definition) is 1. The van der Waals surface area contributed by atoms with Gasteiger partial charge in [0, 0.05) is 6.04 Å². The molecule has 0 bridgehead atoms. The van der Waals surface area contributed by atoms with Gasteiger partial charge in [-0.1, -0.05) is 19.3 Å². The van der Waals surface area contributed by atoms with E-state index in [0.29, 0.717) is 6.04 Å². The van der Waals surface area contributed by atoms with Gasteiger partial charge >= 0.3 is 0 Å². The number of carbonyl (C=O) groups is 1. The molecule has 0 spiro atoms. The Morgan fingerprint density at radius 1 is 1.23 bits per heavy atom. The highest BCUT2D eigenvalue weighted by Crippen LogP contribution is 2.20. The van der Waals surface area contributed by atoms with Crippen LogP contribution in [0.4, 0.5) is 0 Å². The Balaban J connectivity index is 2.41. The molecule has 0 aromatic rings. The van der Waals surface area contributed by atoms with Gasteiger partial charge in [-0.25, -0.2) is 0 Å². The van der Waals surface area contributed by atoms with Crippen LogP contribution in [-0.2, 0) is 4.79 Å². The van der Waals surface area contributed by atoms with Crippen molar-refractivity contribution < 1.29 is 4.79 Å². The lowest BCUT2D eigenvalue weighted by Gasteiger charge is -2.32. The molecule has 0 atom stereocenters. The zero-order valence-corrected chi connectivity index (χ0v) is 9.02. The van der Waals surface area contributed by atoms with E-state index in [2.05, 4.69) is 5.32 Å². The van der Waals surface area contributed by atoms with Crippen LogP contribution in [0.25, 0.3) is 0 Å². The average molecular weight is 183 g/mol. The van der Waals surface area contributed by atoms with Crippen LogP contribution in [0.2, 0.25) is 0 Å². The quantitative estimate of drug-likeness (QED) is 0.727. The topological polar surface area (TPSA) is 29.1 Å². The molecule has 1 aliphatic rings. The number of rotatable bonds is 3. The first-order valence-electron chi connectivity index (χ1n) is 5.31. The second kappa shape index (κ2) is 4.23. The van der Waals surface area contributed by atoms with Gasteiger partial charge in [-0.2, -0.15) is 0 Å². The maximum atomic E-state index is 11.3. The van der Waals surface area contributed by atoms with Crippen LogP contribution in [0.1, 0.15) is 52.9 Å². The third-order valence-corrected chi connectivity index (χ3v) is 3.05. The van der Waals surface area contributed by atoms with Crippen LogP contribution in [0.15, 0.2) is 0 Å². The van der Waals surface area contributed by atoms with Gasteiger partial charge in [0.15, 0.2) is 0 Å². The number of carbonyl (C=O) groups excluding carboxylic acids is 1. The zero-order chi connectivity index (χ0) is 9.90.